The van der Waals surface area contributed by atoms with Crippen molar-refractivity contribution in [1.82, 2.24) is 4.98 Å². The SMILES string of the molecule is CCOC(=O)c1nc(SC)sc1SC. The standard InChI is InChI=1S/C8H11NO2S3/c1-4-11-6(10)5-7(12-2)14-8(9-5)13-3/h4H2,1-3H3. The highest BCUT2D eigenvalue weighted by Gasteiger charge is 2.18. The Morgan fingerprint density at radius 1 is 1.50 bits per heavy atom. The third-order valence-electron chi connectivity index (χ3n) is 1.41. The van der Waals surface area contributed by atoms with Crippen LogP contribution in [0.1, 0.15) is 17.4 Å². The smallest absolute Gasteiger partial charge is 0.359 e. The van der Waals surface area contributed by atoms with Gasteiger partial charge in [-0.05, 0) is 19.4 Å². The quantitative estimate of drug-likeness (QED) is 0.606. The Hall–Kier alpha value is -0.200. The number of hydrogen-bond acceptors (Lipinski definition) is 6. The van der Waals surface area contributed by atoms with E-state index in [2.05, 4.69) is 4.98 Å². The Morgan fingerprint density at radius 3 is 2.71 bits per heavy atom. The van der Waals surface area contributed by atoms with E-state index < -0.39 is 0 Å². The van der Waals surface area contributed by atoms with Crippen LogP contribution in [0.3, 0.4) is 0 Å². The topological polar surface area (TPSA) is 39.2 Å². The van der Waals surface area contributed by atoms with Crippen molar-refractivity contribution in [2.45, 2.75) is 15.5 Å². The average Bonchev–Trinajstić information content (AvgIpc) is 2.61. The zero-order chi connectivity index (χ0) is 10.6. The number of carbonyl (C=O) groups is 1. The molecular weight excluding hydrogens is 238 g/mol. The Kier molecular flexibility index (Phi) is 4.77. The van der Waals surface area contributed by atoms with Crippen molar-refractivity contribution in [2.24, 2.45) is 0 Å². The predicted molar refractivity (Wildman–Crippen MR) is 61.6 cm³/mol. The Balaban J connectivity index is 2.93. The van der Waals surface area contributed by atoms with Crippen molar-refractivity contribution in [3.05, 3.63) is 5.69 Å². The number of aromatic nitrogens is 1. The zero-order valence-corrected chi connectivity index (χ0v) is 10.6. The number of thiazole rings is 1. The van der Waals surface area contributed by atoms with E-state index in [1.807, 2.05) is 12.5 Å². The molecule has 78 valence electrons. The number of carbonyl (C=O) groups excluding carboxylic acids is 1. The van der Waals surface area contributed by atoms with Gasteiger partial charge in [0.25, 0.3) is 0 Å². The lowest BCUT2D eigenvalue weighted by Crippen LogP contribution is -2.05. The second-order valence-electron chi connectivity index (χ2n) is 2.24. The van der Waals surface area contributed by atoms with Gasteiger partial charge in [0.2, 0.25) is 0 Å². The molecule has 3 nitrogen and oxygen atoms in total. The summed E-state index contributed by atoms with van der Waals surface area (Å²) in [5, 5.41) is 0. The molecule has 0 aliphatic carbocycles. The highest BCUT2D eigenvalue weighted by molar-refractivity contribution is 8.02. The van der Waals surface area contributed by atoms with E-state index in [4.69, 9.17) is 4.74 Å². The molecule has 0 aromatic carbocycles. The maximum atomic E-state index is 11.5. The molecule has 0 aliphatic rings. The number of nitrogens with zero attached hydrogens (tertiary/aromatic N) is 1. The fourth-order valence-corrected chi connectivity index (χ4v) is 3.18. The van der Waals surface area contributed by atoms with Crippen molar-refractivity contribution in [2.75, 3.05) is 19.1 Å². The average molecular weight is 249 g/mol. The van der Waals surface area contributed by atoms with E-state index in [1.54, 1.807) is 18.7 Å². The molecule has 0 atom stereocenters. The lowest BCUT2D eigenvalue weighted by atomic mass is 10.5. The van der Waals surface area contributed by atoms with Gasteiger partial charge in [0.1, 0.15) is 0 Å². The first kappa shape index (κ1) is 11.9. The minimum atomic E-state index is -0.326. The third-order valence-corrected chi connectivity index (χ3v) is 4.55. The van der Waals surface area contributed by atoms with E-state index in [-0.39, 0.29) is 5.97 Å². The summed E-state index contributed by atoms with van der Waals surface area (Å²) in [7, 11) is 0. The van der Waals surface area contributed by atoms with Crippen molar-refractivity contribution in [1.29, 1.82) is 0 Å². The molecule has 6 heteroatoms. The van der Waals surface area contributed by atoms with E-state index in [0.717, 1.165) is 8.55 Å². The van der Waals surface area contributed by atoms with Gasteiger partial charge in [-0.15, -0.1) is 23.1 Å². The van der Waals surface area contributed by atoms with Crippen LogP contribution in [0.2, 0.25) is 0 Å². The summed E-state index contributed by atoms with van der Waals surface area (Å²) < 4.78 is 6.74. The molecule has 0 aliphatic heterocycles. The van der Waals surface area contributed by atoms with Crippen LogP contribution >= 0.6 is 34.9 Å². The molecule has 0 N–H and O–H groups in total. The fraction of sp³-hybridized carbons (Fsp3) is 0.500. The van der Waals surface area contributed by atoms with E-state index >= 15 is 0 Å². The summed E-state index contributed by atoms with van der Waals surface area (Å²) in [4.78, 5) is 15.7. The molecule has 1 aromatic rings. The molecule has 1 heterocycles. The van der Waals surface area contributed by atoms with Gasteiger partial charge in [-0.2, -0.15) is 0 Å². The van der Waals surface area contributed by atoms with Crippen molar-refractivity contribution >= 4 is 40.8 Å². The van der Waals surface area contributed by atoms with Crippen LogP contribution in [0.4, 0.5) is 0 Å². The first-order valence-electron chi connectivity index (χ1n) is 3.98. The van der Waals surface area contributed by atoms with Gasteiger partial charge >= 0.3 is 5.97 Å². The summed E-state index contributed by atoms with van der Waals surface area (Å²) in [5.41, 5.74) is 0.452. The van der Waals surface area contributed by atoms with Crippen LogP contribution in [0.15, 0.2) is 8.55 Å². The van der Waals surface area contributed by atoms with Gasteiger partial charge in [-0.1, -0.05) is 11.8 Å². The lowest BCUT2D eigenvalue weighted by Gasteiger charge is -1.98. The largest absolute Gasteiger partial charge is 0.461 e. The Bertz CT molecular complexity index is 324. The molecule has 0 bridgehead atoms. The number of hydrogen-bond donors (Lipinski definition) is 0. The van der Waals surface area contributed by atoms with Gasteiger partial charge in [-0.25, -0.2) is 9.78 Å². The van der Waals surface area contributed by atoms with Gasteiger partial charge < -0.3 is 4.74 Å². The zero-order valence-electron chi connectivity index (χ0n) is 8.20. The van der Waals surface area contributed by atoms with Crippen LogP contribution in [0.5, 0.6) is 0 Å². The summed E-state index contributed by atoms with van der Waals surface area (Å²) in [6.07, 6.45) is 3.87. The fourth-order valence-electron chi connectivity index (χ4n) is 0.841. The van der Waals surface area contributed by atoms with Crippen LogP contribution in [0, 0.1) is 0 Å². The van der Waals surface area contributed by atoms with Gasteiger partial charge in [0, 0.05) is 0 Å². The first-order valence-corrected chi connectivity index (χ1v) is 7.25. The van der Waals surface area contributed by atoms with Crippen LogP contribution in [-0.4, -0.2) is 30.1 Å². The molecule has 1 aromatic heterocycles. The lowest BCUT2D eigenvalue weighted by molar-refractivity contribution is 0.0516. The predicted octanol–water partition coefficient (Wildman–Crippen LogP) is 2.76. The molecule has 0 spiro atoms. The first-order chi connectivity index (χ1) is 6.72. The minimum Gasteiger partial charge on any atom is -0.461 e. The maximum absolute atomic E-state index is 11.5. The van der Waals surface area contributed by atoms with E-state index in [9.17, 15) is 4.79 Å². The molecule has 0 saturated carbocycles. The molecule has 0 saturated heterocycles. The molecule has 0 unspecified atom stereocenters. The van der Waals surface area contributed by atoms with Gasteiger partial charge in [0.05, 0.1) is 10.8 Å². The van der Waals surface area contributed by atoms with Crippen LogP contribution in [0.25, 0.3) is 0 Å². The summed E-state index contributed by atoms with van der Waals surface area (Å²) in [5.74, 6) is -0.326. The van der Waals surface area contributed by atoms with Crippen molar-refractivity contribution in [3.8, 4) is 0 Å². The Labute approximate surface area is 95.6 Å². The van der Waals surface area contributed by atoms with Crippen molar-refractivity contribution in [3.63, 3.8) is 0 Å². The number of rotatable bonds is 4. The second-order valence-corrected chi connectivity index (χ2v) is 5.37. The number of ether oxygens (including phenoxy) is 1. The summed E-state index contributed by atoms with van der Waals surface area (Å²) in [6.45, 7) is 2.18. The van der Waals surface area contributed by atoms with Crippen LogP contribution < -0.4 is 0 Å². The monoisotopic (exact) mass is 249 g/mol. The Morgan fingerprint density at radius 2 is 2.21 bits per heavy atom. The molecule has 1 rings (SSSR count). The summed E-state index contributed by atoms with van der Waals surface area (Å²) in [6, 6.07) is 0. The van der Waals surface area contributed by atoms with E-state index in [0.29, 0.717) is 12.3 Å². The molecular formula is C8H11NO2S3. The van der Waals surface area contributed by atoms with E-state index in [1.165, 1.54) is 23.1 Å². The highest BCUT2D eigenvalue weighted by Crippen LogP contribution is 2.32. The van der Waals surface area contributed by atoms with Gasteiger partial charge in [-0.3, -0.25) is 0 Å². The van der Waals surface area contributed by atoms with Crippen LogP contribution in [-0.2, 0) is 4.74 Å². The number of thioether (sulfide) groups is 2. The highest BCUT2D eigenvalue weighted by atomic mass is 32.2. The normalized spacial score (nSPS) is 10.2. The minimum absolute atomic E-state index is 0.326. The van der Waals surface area contributed by atoms with Crippen molar-refractivity contribution < 1.29 is 9.53 Å². The third kappa shape index (κ3) is 2.65. The summed E-state index contributed by atoms with van der Waals surface area (Å²) >= 11 is 4.60. The second kappa shape index (κ2) is 5.63. The number of esters is 1. The molecule has 14 heavy (non-hydrogen) atoms. The molecule has 0 radical (unpaired) electrons. The molecule has 0 fully saturated rings. The van der Waals surface area contributed by atoms with Gasteiger partial charge in [0.15, 0.2) is 10.0 Å². The molecule has 0 amide bonds. The maximum Gasteiger partial charge on any atom is 0.359 e.